The molecule has 2 aromatic rings. The lowest BCUT2D eigenvalue weighted by Gasteiger charge is -2.23. The Morgan fingerprint density at radius 1 is 0.967 bits per heavy atom. The van der Waals surface area contributed by atoms with Crippen molar-refractivity contribution in [3.05, 3.63) is 48.5 Å². The molecule has 3 rings (SSSR count). The van der Waals surface area contributed by atoms with Gasteiger partial charge in [-0.2, -0.15) is 0 Å². The van der Waals surface area contributed by atoms with Crippen molar-refractivity contribution in [3.8, 4) is 17.2 Å². The monoisotopic (exact) mass is 411 g/mol. The minimum absolute atomic E-state index is 0.158. The van der Waals surface area contributed by atoms with Crippen LogP contribution in [0.2, 0.25) is 0 Å². The van der Waals surface area contributed by atoms with Gasteiger partial charge in [-0.1, -0.05) is 31.4 Å². The Morgan fingerprint density at radius 3 is 2.30 bits per heavy atom. The normalized spacial score (nSPS) is 15.0. The van der Waals surface area contributed by atoms with Gasteiger partial charge in [-0.15, -0.1) is 0 Å². The molecule has 1 atom stereocenters. The molecule has 30 heavy (non-hydrogen) atoms. The first-order valence-electron chi connectivity index (χ1n) is 10.3. The van der Waals surface area contributed by atoms with Crippen molar-refractivity contribution in [2.45, 2.75) is 51.1 Å². The second-order valence-electron chi connectivity index (χ2n) is 7.44. The molecular formula is C23H29N3O4. The van der Waals surface area contributed by atoms with Crippen LogP contribution in [0.25, 0.3) is 0 Å². The van der Waals surface area contributed by atoms with Gasteiger partial charge in [0.25, 0.3) is 0 Å². The highest BCUT2D eigenvalue weighted by molar-refractivity contribution is 5.98. The van der Waals surface area contributed by atoms with Crippen molar-refractivity contribution in [3.63, 3.8) is 0 Å². The van der Waals surface area contributed by atoms with Gasteiger partial charge < -0.3 is 20.1 Å². The van der Waals surface area contributed by atoms with E-state index in [1.165, 1.54) is 6.42 Å². The highest BCUT2D eigenvalue weighted by Crippen LogP contribution is 2.31. The smallest absolute Gasteiger partial charge is 0.321 e. The number of benzene rings is 2. The molecule has 0 saturated heterocycles. The van der Waals surface area contributed by atoms with E-state index in [0.717, 1.165) is 31.4 Å². The minimum atomic E-state index is -0.567. The summed E-state index contributed by atoms with van der Waals surface area (Å²) in [5, 5.41) is 8.39. The maximum atomic E-state index is 12.3. The molecule has 0 bridgehead atoms. The molecule has 0 radical (unpaired) electrons. The molecule has 1 aliphatic carbocycles. The van der Waals surface area contributed by atoms with Crippen LogP contribution in [0.15, 0.2) is 48.5 Å². The number of urea groups is 1. The van der Waals surface area contributed by atoms with Gasteiger partial charge in [-0.3, -0.25) is 10.1 Å². The summed E-state index contributed by atoms with van der Waals surface area (Å²) in [6, 6.07) is 13.8. The first-order chi connectivity index (χ1) is 14.5. The molecule has 1 unspecified atom stereocenters. The van der Waals surface area contributed by atoms with Gasteiger partial charge in [-0.05, 0) is 56.2 Å². The second-order valence-corrected chi connectivity index (χ2v) is 7.44. The molecule has 1 fully saturated rings. The SMILES string of the molecule is COc1ccccc1Oc1ccc(NC(C)C(=O)NC(=O)NC2CCCCC2)cc1. The Hall–Kier alpha value is -3.22. The van der Waals surface area contributed by atoms with E-state index in [-0.39, 0.29) is 11.9 Å². The molecule has 0 spiro atoms. The highest BCUT2D eigenvalue weighted by atomic mass is 16.5. The maximum Gasteiger partial charge on any atom is 0.321 e. The van der Waals surface area contributed by atoms with Crippen LogP contribution in [0.4, 0.5) is 10.5 Å². The third kappa shape index (κ3) is 6.14. The predicted octanol–water partition coefficient (Wildman–Crippen LogP) is 4.45. The zero-order chi connectivity index (χ0) is 21.3. The summed E-state index contributed by atoms with van der Waals surface area (Å²) >= 11 is 0. The molecule has 0 heterocycles. The van der Waals surface area contributed by atoms with Gasteiger partial charge in [0.1, 0.15) is 11.8 Å². The number of methoxy groups -OCH3 is 1. The zero-order valence-electron chi connectivity index (χ0n) is 17.4. The molecule has 160 valence electrons. The fourth-order valence-electron chi connectivity index (χ4n) is 3.45. The summed E-state index contributed by atoms with van der Waals surface area (Å²) in [5.74, 6) is 1.54. The Morgan fingerprint density at radius 2 is 1.63 bits per heavy atom. The number of para-hydroxylation sites is 2. The van der Waals surface area contributed by atoms with E-state index in [2.05, 4.69) is 16.0 Å². The van der Waals surface area contributed by atoms with Crippen LogP contribution in [0.1, 0.15) is 39.0 Å². The van der Waals surface area contributed by atoms with Crippen LogP contribution in [-0.4, -0.2) is 31.1 Å². The van der Waals surface area contributed by atoms with E-state index in [9.17, 15) is 9.59 Å². The topological polar surface area (TPSA) is 88.7 Å². The maximum absolute atomic E-state index is 12.3. The second kappa shape index (κ2) is 10.5. The van der Waals surface area contributed by atoms with Gasteiger partial charge in [0.2, 0.25) is 5.91 Å². The fraction of sp³-hybridized carbons (Fsp3) is 0.391. The minimum Gasteiger partial charge on any atom is -0.493 e. The van der Waals surface area contributed by atoms with Crippen LogP contribution < -0.4 is 25.4 Å². The van der Waals surface area contributed by atoms with E-state index < -0.39 is 12.1 Å². The van der Waals surface area contributed by atoms with Crippen molar-refractivity contribution in [2.75, 3.05) is 12.4 Å². The quantitative estimate of drug-likeness (QED) is 0.627. The molecular weight excluding hydrogens is 382 g/mol. The summed E-state index contributed by atoms with van der Waals surface area (Å²) in [7, 11) is 1.59. The average Bonchev–Trinajstić information content (AvgIpc) is 2.76. The molecule has 3 N–H and O–H groups in total. The first kappa shape index (κ1) is 21.5. The molecule has 7 nitrogen and oxygen atoms in total. The summed E-state index contributed by atoms with van der Waals surface area (Å²) in [5.41, 5.74) is 0.748. The number of hydrogen-bond donors (Lipinski definition) is 3. The number of carbonyl (C=O) groups is 2. The number of anilines is 1. The van der Waals surface area contributed by atoms with Gasteiger partial charge in [-0.25, -0.2) is 4.79 Å². The van der Waals surface area contributed by atoms with Crippen LogP contribution in [-0.2, 0) is 4.79 Å². The Labute approximate surface area is 177 Å². The fourth-order valence-corrected chi connectivity index (χ4v) is 3.45. The lowest BCUT2D eigenvalue weighted by atomic mass is 9.96. The summed E-state index contributed by atoms with van der Waals surface area (Å²) in [6.07, 6.45) is 5.39. The molecule has 1 aliphatic rings. The van der Waals surface area contributed by atoms with Crippen molar-refractivity contribution in [2.24, 2.45) is 0 Å². The molecule has 0 aromatic heterocycles. The predicted molar refractivity (Wildman–Crippen MR) is 116 cm³/mol. The molecule has 1 saturated carbocycles. The Balaban J connectivity index is 1.49. The van der Waals surface area contributed by atoms with Crippen molar-refractivity contribution in [1.82, 2.24) is 10.6 Å². The summed E-state index contributed by atoms with van der Waals surface area (Å²) < 4.78 is 11.1. The van der Waals surface area contributed by atoms with Gasteiger partial charge in [0.15, 0.2) is 11.5 Å². The van der Waals surface area contributed by atoms with Gasteiger partial charge in [0.05, 0.1) is 7.11 Å². The molecule has 2 aromatic carbocycles. The number of rotatable bonds is 7. The number of hydrogen-bond acceptors (Lipinski definition) is 5. The number of nitrogens with one attached hydrogen (secondary N) is 3. The van der Waals surface area contributed by atoms with Gasteiger partial charge >= 0.3 is 6.03 Å². The molecule has 0 aliphatic heterocycles. The zero-order valence-corrected chi connectivity index (χ0v) is 17.4. The van der Waals surface area contributed by atoms with Crippen molar-refractivity contribution < 1.29 is 19.1 Å². The van der Waals surface area contributed by atoms with E-state index in [1.54, 1.807) is 26.2 Å². The largest absolute Gasteiger partial charge is 0.493 e. The van der Waals surface area contributed by atoms with Crippen LogP contribution in [0, 0.1) is 0 Å². The van der Waals surface area contributed by atoms with E-state index in [1.807, 2.05) is 36.4 Å². The third-order valence-electron chi connectivity index (χ3n) is 5.10. The number of ether oxygens (including phenoxy) is 2. The van der Waals surface area contributed by atoms with Crippen LogP contribution in [0.5, 0.6) is 17.2 Å². The number of amides is 3. The van der Waals surface area contributed by atoms with E-state index in [4.69, 9.17) is 9.47 Å². The Bertz CT molecular complexity index is 848. The van der Waals surface area contributed by atoms with Gasteiger partial charge in [0, 0.05) is 11.7 Å². The summed E-state index contributed by atoms with van der Waals surface area (Å²) in [6.45, 7) is 1.71. The molecule has 7 heteroatoms. The number of carbonyl (C=O) groups excluding carboxylic acids is 2. The van der Waals surface area contributed by atoms with E-state index in [0.29, 0.717) is 17.2 Å². The average molecular weight is 412 g/mol. The van der Waals surface area contributed by atoms with Crippen molar-refractivity contribution >= 4 is 17.6 Å². The summed E-state index contributed by atoms with van der Waals surface area (Å²) in [4.78, 5) is 24.4. The molecule has 3 amide bonds. The number of imide groups is 1. The standard InChI is InChI=1S/C23H29N3O4/c1-16(22(27)26-23(28)25-17-8-4-3-5-9-17)24-18-12-14-19(15-13-18)30-21-11-7-6-10-20(21)29-2/h6-7,10-17,24H,3-5,8-9H2,1-2H3,(H2,25,26,27,28). The van der Waals surface area contributed by atoms with Crippen LogP contribution in [0.3, 0.4) is 0 Å². The van der Waals surface area contributed by atoms with E-state index >= 15 is 0 Å². The van der Waals surface area contributed by atoms with Crippen molar-refractivity contribution in [1.29, 1.82) is 0 Å². The lowest BCUT2D eigenvalue weighted by molar-refractivity contribution is -0.120. The third-order valence-corrected chi connectivity index (χ3v) is 5.10. The highest BCUT2D eigenvalue weighted by Gasteiger charge is 2.19. The Kier molecular flexibility index (Phi) is 7.54. The van der Waals surface area contributed by atoms with Crippen LogP contribution >= 0.6 is 0 Å². The lowest BCUT2D eigenvalue weighted by Crippen LogP contribution is -2.49. The first-order valence-corrected chi connectivity index (χ1v) is 10.3.